The molecular formula is C20H16N2O5S. The number of hydrogen-bond donors (Lipinski definition) is 3. The van der Waals surface area contributed by atoms with Gasteiger partial charge in [-0.05, 0) is 48.2 Å². The van der Waals surface area contributed by atoms with Crippen LogP contribution in [0, 0.1) is 11.8 Å². The quantitative estimate of drug-likeness (QED) is 0.270. The minimum atomic E-state index is -0.565. The number of hydroxylamine groups is 1. The van der Waals surface area contributed by atoms with E-state index in [2.05, 4.69) is 17.2 Å². The standard InChI is InChI=1S/C20H16N2O5S/c1-26-16-5-2-6-17-15(16)12-18(27-17)19(23)21-11-3-4-13-7-9-14(10-8-13)28-20(24)22-25/h2,5-10,12,25H,11H2,1H3,(H,21,23)(H,22,24). The Morgan fingerprint density at radius 1 is 1.21 bits per heavy atom. The van der Waals surface area contributed by atoms with Gasteiger partial charge in [0.15, 0.2) is 5.76 Å². The predicted octanol–water partition coefficient (Wildman–Crippen LogP) is 3.41. The average molecular weight is 396 g/mol. The summed E-state index contributed by atoms with van der Waals surface area (Å²) in [5.74, 6) is 6.23. The predicted molar refractivity (Wildman–Crippen MR) is 105 cm³/mol. The Morgan fingerprint density at radius 3 is 2.71 bits per heavy atom. The number of benzene rings is 2. The van der Waals surface area contributed by atoms with Crippen molar-refractivity contribution < 1.29 is 24.0 Å². The number of thioether (sulfide) groups is 1. The van der Waals surface area contributed by atoms with E-state index in [1.807, 2.05) is 0 Å². The average Bonchev–Trinajstić information content (AvgIpc) is 3.16. The molecule has 28 heavy (non-hydrogen) atoms. The molecule has 0 atom stereocenters. The number of fused-ring (bicyclic) bond motifs is 1. The van der Waals surface area contributed by atoms with Crippen molar-refractivity contribution in [3.8, 4) is 17.6 Å². The second-order valence-corrected chi connectivity index (χ2v) is 6.54. The molecule has 2 aromatic carbocycles. The molecule has 0 saturated carbocycles. The van der Waals surface area contributed by atoms with Gasteiger partial charge in [0, 0.05) is 16.5 Å². The van der Waals surface area contributed by atoms with Gasteiger partial charge in [-0.2, -0.15) is 0 Å². The molecule has 3 rings (SSSR count). The zero-order valence-corrected chi connectivity index (χ0v) is 15.6. The third kappa shape index (κ3) is 4.65. The van der Waals surface area contributed by atoms with Gasteiger partial charge in [0.1, 0.15) is 11.3 Å². The first-order valence-corrected chi connectivity index (χ1v) is 8.98. The summed E-state index contributed by atoms with van der Waals surface area (Å²) in [6, 6.07) is 13.9. The zero-order valence-electron chi connectivity index (χ0n) is 14.8. The topological polar surface area (TPSA) is 101 Å². The first kappa shape index (κ1) is 19.4. The molecule has 0 aliphatic carbocycles. The molecule has 142 valence electrons. The molecule has 0 bridgehead atoms. The van der Waals surface area contributed by atoms with Crippen molar-refractivity contribution in [1.82, 2.24) is 10.8 Å². The maximum absolute atomic E-state index is 12.2. The van der Waals surface area contributed by atoms with Crippen molar-refractivity contribution in [2.45, 2.75) is 4.90 Å². The number of methoxy groups -OCH3 is 1. The molecule has 0 unspecified atom stereocenters. The molecule has 3 N–H and O–H groups in total. The number of nitrogens with one attached hydrogen (secondary N) is 2. The van der Waals surface area contributed by atoms with Crippen LogP contribution in [0.1, 0.15) is 16.1 Å². The van der Waals surface area contributed by atoms with Gasteiger partial charge in [-0.1, -0.05) is 17.9 Å². The first-order valence-electron chi connectivity index (χ1n) is 8.16. The molecule has 0 fully saturated rings. The number of carbonyl (C=O) groups is 2. The highest BCUT2D eigenvalue weighted by atomic mass is 32.2. The van der Waals surface area contributed by atoms with Crippen LogP contribution in [-0.4, -0.2) is 30.0 Å². The fraction of sp³-hybridized carbons (Fsp3) is 0.100. The summed E-state index contributed by atoms with van der Waals surface area (Å²) >= 11 is 0.862. The zero-order chi connectivity index (χ0) is 19.9. The normalized spacial score (nSPS) is 10.1. The van der Waals surface area contributed by atoms with E-state index in [-0.39, 0.29) is 18.2 Å². The molecule has 1 heterocycles. The molecule has 2 amide bonds. The van der Waals surface area contributed by atoms with Crippen molar-refractivity contribution in [2.24, 2.45) is 0 Å². The lowest BCUT2D eigenvalue weighted by atomic mass is 10.2. The van der Waals surface area contributed by atoms with E-state index < -0.39 is 5.24 Å². The number of amides is 2. The van der Waals surface area contributed by atoms with E-state index in [0.29, 0.717) is 16.2 Å². The molecule has 0 aliphatic rings. The minimum Gasteiger partial charge on any atom is -0.496 e. The van der Waals surface area contributed by atoms with Crippen LogP contribution in [0.3, 0.4) is 0 Å². The van der Waals surface area contributed by atoms with Crippen molar-refractivity contribution in [2.75, 3.05) is 13.7 Å². The summed E-state index contributed by atoms with van der Waals surface area (Å²) in [5.41, 5.74) is 2.86. The summed E-state index contributed by atoms with van der Waals surface area (Å²) in [6.45, 7) is 0.149. The van der Waals surface area contributed by atoms with Crippen LogP contribution in [0.2, 0.25) is 0 Å². The van der Waals surface area contributed by atoms with E-state index >= 15 is 0 Å². The van der Waals surface area contributed by atoms with E-state index in [0.717, 1.165) is 22.7 Å². The smallest absolute Gasteiger partial charge is 0.307 e. The molecule has 1 aromatic heterocycles. The fourth-order valence-electron chi connectivity index (χ4n) is 2.42. The number of ether oxygens (including phenoxy) is 1. The van der Waals surface area contributed by atoms with Crippen LogP contribution in [0.5, 0.6) is 5.75 Å². The summed E-state index contributed by atoms with van der Waals surface area (Å²) in [6.07, 6.45) is 0. The van der Waals surface area contributed by atoms with Gasteiger partial charge in [0.05, 0.1) is 19.0 Å². The van der Waals surface area contributed by atoms with Gasteiger partial charge < -0.3 is 14.5 Å². The SMILES string of the molecule is COc1cccc2oc(C(=O)NCC#Cc3ccc(SC(=O)NO)cc3)cc12. The Kier molecular flexibility index (Phi) is 6.22. The Labute approximate surface area is 165 Å². The summed E-state index contributed by atoms with van der Waals surface area (Å²) in [5, 5.41) is 11.3. The number of hydrogen-bond acceptors (Lipinski definition) is 6. The third-order valence-electron chi connectivity index (χ3n) is 3.69. The van der Waals surface area contributed by atoms with Crippen LogP contribution in [-0.2, 0) is 0 Å². The van der Waals surface area contributed by atoms with Crippen molar-refractivity contribution in [3.63, 3.8) is 0 Å². The van der Waals surface area contributed by atoms with Gasteiger partial charge in [0.2, 0.25) is 0 Å². The van der Waals surface area contributed by atoms with E-state index in [1.54, 1.807) is 61.1 Å². The maximum Gasteiger partial charge on any atom is 0.307 e. The highest BCUT2D eigenvalue weighted by molar-refractivity contribution is 8.13. The highest BCUT2D eigenvalue weighted by Gasteiger charge is 2.13. The van der Waals surface area contributed by atoms with Gasteiger partial charge in [-0.3, -0.25) is 14.8 Å². The second kappa shape index (κ2) is 8.99. The van der Waals surface area contributed by atoms with Gasteiger partial charge in [-0.15, -0.1) is 0 Å². The molecule has 0 saturated heterocycles. The number of carbonyl (C=O) groups excluding carboxylic acids is 2. The van der Waals surface area contributed by atoms with Crippen LogP contribution in [0.15, 0.2) is 57.8 Å². The lowest BCUT2D eigenvalue weighted by Gasteiger charge is -1.99. The van der Waals surface area contributed by atoms with Gasteiger partial charge >= 0.3 is 5.24 Å². The molecule has 8 heteroatoms. The largest absolute Gasteiger partial charge is 0.496 e. The lowest BCUT2D eigenvalue weighted by molar-refractivity contribution is 0.0933. The summed E-state index contributed by atoms with van der Waals surface area (Å²) in [4.78, 5) is 24.0. The van der Waals surface area contributed by atoms with Crippen molar-refractivity contribution >= 4 is 33.9 Å². The molecular weight excluding hydrogens is 380 g/mol. The number of furan rings is 1. The Hall–Kier alpha value is -3.41. The monoisotopic (exact) mass is 396 g/mol. The fourth-order valence-corrected chi connectivity index (χ4v) is 2.95. The van der Waals surface area contributed by atoms with E-state index in [9.17, 15) is 9.59 Å². The van der Waals surface area contributed by atoms with Crippen LogP contribution < -0.4 is 15.5 Å². The lowest BCUT2D eigenvalue weighted by Crippen LogP contribution is -2.22. The van der Waals surface area contributed by atoms with Gasteiger partial charge in [-0.25, -0.2) is 5.48 Å². The van der Waals surface area contributed by atoms with Gasteiger partial charge in [0.25, 0.3) is 5.91 Å². The Bertz CT molecular complexity index is 1060. The minimum absolute atomic E-state index is 0.149. The Balaban J connectivity index is 1.58. The molecule has 7 nitrogen and oxygen atoms in total. The highest BCUT2D eigenvalue weighted by Crippen LogP contribution is 2.28. The molecule has 0 spiro atoms. The first-order chi connectivity index (χ1) is 13.6. The van der Waals surface area contributed by atoms with Crippen LogP contribution in [0.25, 0.3) is 11.0 Å². The molecule has 0 aliphatic heterocycles. The van der Waals surface area contributed by atoms with Crippen molar-refractivity contribution in [3.05, 3.63) is 59.9 Å². The van der Waals surface area contributed by atoms with E-state index in [4.69, 9.17) is 14.4 Å². The maximum atomic E-state index is 12.2. The van der Waals surface area contributed by atoms with Crippen molar-refractivity contribution in [1.29, 1.82) is 0 Å². The molecule has 3 aromatic rings. The summed E-state index contributed by atoms with van der Waals surface area (Å²) < 4.78 is 10.8. The van der Waals surface area contributed by atoms with E-state index in [1.165, 1.54) is 0 Å². The second-order valence-electron chi connectivity index (χ2n) is 5.49. The van der Waals surface area contributed by atoms with Crippen LogP contribution in [0.4, 0.5) is 4.79 Å². The Morgan fingerprint density at radius 2 is 2.00 bits per heavy atom. The summed E-state index contributed by atoms with van der Waals surface area (Å²) in [7, 11) is 1.56. The van der Waals surface area contributed by atoms with Crippen LogP contribution >= 0.6 is 11.8 Å². The third-order valence-corrected chi connectivity index (χ3v) is 4.48. The number of rotatable bonds is 4. The molecule has 0 radical (unpaired) electrons.